The van der Waals surface area contributed by atoms with Crippen molar-refractivity contribution < 1.29 is 9.53 Å². The van der Waals surface area contributed by atoms with Crippen LogP contribution in [0.15, 0.2) is 29.3 Å². The molecule has 30 heavy (non-hydrogen) atoms. The zero-order chi connectivity index (χ0) is 21.1. The molecule has 6 nitrogen and oxygen atoms in total. The van der Waals surface area contributed by atoms with E-state index in [9.17, 15) is 4.79 Å². The Morgan fingerprint density at radius 1 is 1.27 bits per heavy atom. The third-order valence-electron chi connectivity index (χ3n) is 5.62. The van der Waals surface area contributed by atoms with E-state index in [4.69, 9.17) is 4.74 Å². The predicted molar refractivity (Wildman–Crippen MR) is 135 cm³/mol. The van der Waals surface area contributed by atoms with Crippen LogP contribution in [0.25, 0.3) is 0 Å². The highest BCUT2D eigenvalue weighted by molar-refractivity contribution is 14.0. The monoisotopic (exact) mass is 530 g/mol. The van der Waals surface area contributed by atoms with Gasteiger partial charge in [0.25, 0.3) is 0 Å². The second-order valence-electron chi connectivity index (χ2n) is 7.83. The summed E-state index contributed by atoms with van der Waals surface area (Å²) >= 11 is 0. The van der Waals surface area contributed by atoms with Crippen molar-refractivity contribution in [2.75, 3.05) is 33.3 Å². The first kappa shape index (κ1) is 26.5. The molecule has 2 N–H and O–H groups in total. The lowest BCUT2D eigenvalue weighted by atomic mass is 9.98. The number of nitrogens with one attached hydrogen (secondary N) is 2. The number of rotatable bonds is 9. The molecule has 0 radical (unpaired) electrons. The smallest absolute Gasteiger partial charge is 0.224 e. The van der Waals surface area contributed by atoms with Gasteiger partial charge in [-0.2, -0.15) is 0 Å². The molecule has 1 saturated heterocycles. The number of halogens is 1. The summed E-state index contributed by atoms with van der Waals surface area (Å²) in [5.74, 6) is 2.34. The number of benzene rings is 1. The van der Waals surface area contributed by atoms with E-state index < -0.39 is 0 Å². The number of hydrogen-bond acceptors (Lipinski definition) is 3. The Labute approximate surface area is 199 Å². The Kier molecular flexibility index (Phi) is 12.8. The minimum absolute atomic E-state index is 0. The van der Waals surface area contributed by atoms with Crippen molar-refractivity contribution in [2.24, 2.45) is 4.99 Å². The topological polar surface area (TPSA) is 66.0 Å². The molecule has 1 aromatic carbocycles. The van der Waals surface area contributed by atoms with E-state index in [1.807, 2.05) is 17.0 Å². The number of aliphatic imine (C=N–C) groups is 1. The van der Waals surface area contributed by atoms with Crippen LogP contribution in [0.2, 0.25) is 0 Å². The number of methoxy groups -OCH3 is 1. The molecule has 7 heteroatoms. The fraction of sp³-hybridized carbons (Fsp3) is 0.652. The first-order chi connectivity index (χ1) is 14.0. The highest BCUT2D eigenvalue weighted by atomic mass is 127. The van der Waals surface area contributed by atoms with Crippen molar-refractivity contribution in [3.05, 3.63) is 29.8 Å². The van der Waals surface area contributed by atoms with Crippen LogP contribution in [-0.4, -0.2) is 56.1 Å². The Balaban J connectivity index is 0.00000450. The zero-order valence-electron chi connectivity index (χ0n) is 18.9. The molecular weight excluding hydrogens is 491 g/mol. The van der Waals surface area contributed by atoms with Crippen LogP contribution >= 0.6 is 24.0 Å². The fourth-order valence-electron chi connectivity index (χ4n) is 3.71. The SMILES string of the molecule is CCNC(=NCCC(C)c1ccc(OC)cc1)NCCC(=O)N1CCCCC1C.I. The minimum Gasteiger partial charge on any atom is -0.497 e. The number of nitrogens with zero attached hydrogens (tertiary/aromatic N) is 2. The van der Waals surface area contributed by atoms with Crippen LogP contribution in [0.4, 0.5) is 0 Å². The number of piperidine rings is 1. The van der Waals surface area contributed by atoms with E-state index in [0.717, 1.165) is 50.6 Å². The number of likely N-dealkylation sites (tertiary alicyclic amines) is 1. The van der Waals surface area contributed by atoms with Gasteiger partial charge in [-0.15, -0.1) is 24.0 Å². The quantitative estimate of drug-likeness (QED) is 0.286. The predicted octanol–water partition coefficient (Wildman–Crippen LogP) is 4.15. The highest BCUT2D eigenvalue weighted by Gasteiger charge is 2.22. The first-order valence-corrected chi connectivity index (χ1v) is 11.0. The van der Waals surface area contributed by atoms with Gasteiger partial charge < -0.3 is 20.3 Å². The van der Waals surface area contributed by atoms with E-state index in [1.54, 1.807) is 7.11 Å². The third kappa shape index (κ3) is 8.70. The maximum atomic E-state index is 12.5. The minimum atomic E-state index is 0. The fourth-order valence-corrected chi connectivity index (χ4v) is 3.71. The molecule has 2 atom stereocenters. The van der Waals surface area contributed by atoms with E-state index in [1.165, 1.54) is 12.0 Å². The number of ether oxygens (including phenoxy) is 1. The van der Waals surface area contributed by atoms with Crippen LogP contribution in [0.5, 0.6) is 5.75 Å². The van der Waals surface area contributed by atoms with Crippen LogP contribution in [0, 0.1) is 0 Å². The molecule has 2 rings (SSSR count). The molecule has 170 valence electrons. The number of carbonyl (C=O) groups is 1. The van der Waals surface area contributed by atoms with E-state index in [-0.39, 0.29) is 29.9 Å². The number of guanidine groups is 1. The van der Waals surface area contributed by atoms with Crippen LogP contribution in [-0.2, 0) is 4.79 Å². The number of carbonyl (C=O) groups excluding carboxylic acids is 1. The lowest BCUT2D eigenvalue weighted by molar-refractivity contribution is -0.134. The Morgan fingerprint density at radius 3 is 2.63 bits per heavy atom. The molecule has 1 aliphatic rings. The molecule has 0 saturated carbocycles. The normalized spacial score (nSPS) is 17.7. The lowest BCUT2D eigenvalue weighted by Gasteiger charge is -2.33. The van der Waals surface area contributed by atoms with Gasteiger partial charge in [0, 0.05) is 38.6 Å². The molecule has 2 unspecified atom stereocenters. The van der Waals surface area contributed by atoms with Gasteiger partial charge in [0.1, 0.15) is 5.75 Å². The molecule has 0 bridgehead atoms. The average molecular weight is 530 g/mol. The van der Waals surface area contributed by atoms with Crippen LogP contribution < -0.4 is 15.4 Å². The highest BCUT2D eigenvalue weighted by Crippen LogP contribution is 2.21. The summed E-state index contributed by atoms with van der Waals surface area (Å²) in [4.78, 5) is 19.2. The maximum Gasteiger partial charge on any atom is 0.224 e. The zero-order valence-corrected chi connectivity index (χ0v) is 21.3. The van der Waals surface area contributed by atoms with Gasteiger partial charge in [-0.25, -0.2) is 0 Å². The lowest BCUT2D eigenvalue weighted by Crippen LogP contribution is -2.44. The molecule has 1 aliphatic heterocycles. The van der Waals surface area contributed by atoms with Gasteiger partial charge in [0.05, 0.1) is 7.11 Å². The summed E-state index contributed by atoms with van der Waals surface area (Å²) in [5.41, 5.74) is 1.29. The number of amides is 1. The molecule has 0 spiro atoms. The summed E-state index contributed by atoms with van der Waals surface area (Å²) < 4.78 is 5.22. The van der Waals surface area contributed by atoms with Crippen molar-refractivity contribution in [3.63, 3.8) is 0 Å². The first-order valence-electron chi connectivity index (χ1n) is 11.0. The van der Waals surface area contributed by atoms with Crippen molar-refractivity contribution in [3.8, 4) is 5.75 Å². The summed E-state index contributed by atoms with van der Waals surface area (Å²) in [5, 5.41) is 6.58. The summed E-state index contributed by atoms with van der Waals surface area (Å²) in [6, 6.07) is 8.60. The molecule has 1 fully saturated rings. The molecular formula is C23H39IN4O2. The van der Waals surface area contributed by atoms with Crippen LogP contribution in [0.1, 0.15) is 64.4 Å². The summed E-state index contributed by atoms with van der Waals surface area (Å²) in [6.07, 6.45) is 4.95. The third-order valence-corrected chi connectivity index (χ3v) is 5.62. The number of hydrogen-bond donors (Lipinski definition) is 2. The standard InChI is InChI=1S/C23H38N4O2.HI/c1-5-24-23(26-16-14-22(28)27-17-7-6-8-19(27)3)25-15-13-18(2)20-9-11-21(29-4)12-10-20;/h9-12,18-19H,5-8,13-17H2,1-4H3,(H2,24,25,26);1H. The van der Waals surface area contributed by atoms with Crippen molar-refractivity contribution >= 4 is 35.8 Å². The van der Waals surface area contributed by atoms with E-state index in [0.29, 0.717) is 24.9 Å². The second kappa shape index (κ2) is 14.5. The van der Waals surface area contributed by atoms with Gasteiger partial charge in [0.2, 0.25) is 5.91 Å². The van der Waals surface area contributed by atoms with Crippen LogP contribution in [0.3, 0.4) is 0 Å². The van der Waals surface area contributed by atoms with Crippen molar-refractivity contribution in [1.29, 1.82) is 0 Å². The average Bonchev–Trinajstić information content (AvgIpc) is 2.74. The van der Waals surface area contributed by atoms with Gasteiger partial charge in [-0.1, -0.05) is 19.1 Å². The molecule has 0 aromatic heterocycles. The summed E-state index contributed by atoms with van der Waals surface area (Å²) in [7, 11) is 1.68. The van der Waals surface area contributed by atoms with E-state index >= 15 is 0 Å². The summed E-state index contributed by atoms with van der Waals surface area (Å²) in [6.45, 7) is 9.48. The van der Waals surface area contributed by atoms with Gasteiger partial charge >= 0.3 is 0 Å². The largest absolute Gasteiger partial charge is 0.497 e. The van der Waals surface area contributed by atoms with Gasteiger partial charge in [0.15, 0.2) is 5.96 Å². The van der Waals surface area contributed by atoms with Gasteiger partial charge in [-0.05, 0) is 63.1 Å². The Hall–Kier alpha value is -1.51. The van der Waals surface area contributed by atoms with Crippen molar-refractivity contribution in [1.82, 2.24) is 15.5 Å². The van der Waals surface area contributed by atoms with Crippen molar-refractivity contribution in [2.45, 2.75) is 64.8 Å². The van der Waals surface area contributed by atoms with E-state index in [2.05, 4.69) is 48.5 Å². The Morgan fingerprint density at radius 2 is 2.00 bits per heavy atom. The molecule has 0 aliphatic carbocycles. The molecule has 1 aromatic rings. The Bertz CT molecular complexity index is 651. The second-order valence-corrected chi connectivity index (χ2v) is 7.83. The maximum absolute atomic E-state index is 12.5. The molecule has 1 amide bonds. The molecule has 1 heterocycles. The van der Waals surface area contributed by atoms with Gasteiger partial charge in [-0.3, -0.25) is 9.79 Å².